The van der Waals surface area contributed by atoms with Crippen molar-refractivity contribution in [1.82, 2.24) is 0 Å². The molecule has 0 spiro atoms. The van der Waals surface area contributed by atoms with Crippen molar-refractivity contribution >= 4 is 0 Å². The van der Waals surface area contributed by atoms with Crippen molar-refractivity contribution in [2.24, 2.45) is 11.7 Å². The number of nitrogens with two attached hydrogens (primary N) is 1. The summed E-state index contributed by atoms with van der Waals surface area (Å²) in [4.78, 5) is 0. The van der Waals surface area contributed by atoms with Crippen molar-refractivity contribution in [1.29, 1.82) is 0 Å². The number of benzene rings is 2. The molecule has 2 aromatic rings. The van der Waals surface area contributed by atoms with Crippen LogP contribution in [0.1, 0.15) is 77.5 Å². The highest BCUT2D eigenvalue weighted by Gasteiger charge is 2.24. The number of aliphatic hydroxyl groups is 2. The average molecular weight is 472 g/mol. The summed E-state index contributed by atoms with van der Waals surface area (Å²) in [5, 5.41) is 20.4. The molecule has 0 radical (unpaired) electrons. The molecule has 34 heavy (non-hydrogen) atoms. The topological polar surface area (TPSA) is 84.9 Å². The minimum atomic E-state index is -0.443. The molecule has 4 N–H and O–H groups in total. The predicted molar refractivity (Wildman–Crippen MR) is 139 cm³/mol. The van der Waals surface area contributed by atoms with E-state index in [1.165, 1.54) is 16.7 Å². The zero-order valence-electron chi connectivity index (χ0n) is 21.9. The van der Waals surface area contributed by atoms with Gasteiger partial charge in [0.25, 0.3) is 0 Å². The van der Waals surface area contributed by atoms with Gasteiger partial charge in [0.2, 0.25) is 0 Å². The summed E-state index contributed by atoms with van der Waals surface area (Å²) in [6.07, 6.45) is 1.93. The molecule has 0 saturated carbocycles. The van der Waals surface area contributed by atoms with E-state index in [2.05, 4.69) is 64.1 Å². The number of hydrogen-bond acceptors (Lipinski definition) is 5. The molecule has 2 aromatic carbocycles. The van der Waals surface area contributed by atoms with E-state index < -0.39 is 17.8 Å². The molecule has 0 aliphatic carbocycles. The Morgan fingerprint density at radius 3 is 1.94 bits per heavy atom. The van der Waals surface area contributed by atoms with Gasteiger partial charge in [0.05, 0.1) is 24.5 Å². The normalized spacial score (nSPS) is 14.3. The van der Waals surface area contributed by atoms with Crippen LogP contribution in [0.3, 0.4) is 0 Å². The van der Waals surface area contributed by atoms with Crippen LogP contribution < -0.4 is 10.5 Å². The standard InChI is InChI=1S/C29H45NO4/c1-21(2)17-26(32)19-33-27-15-12-24(13-16-27)29(5,6)23-10-7-22(8-11-23)9-14-25(31)18-28(3,4)34-20-30/h7-8,10-13,15-16,21,25-26,31-32H,9,14,17-20,30H2,1-6H3. The summed E-state index contributed by atoms with van der Waals surface area (Å²) in [6, 6.07) is 16.8. The fraction of sp³-hybridized carbons (Fsp3) is 0.586. The van der Waals surface area contributed by atoms with E-state index in [-0.39, 0.29) is 12.1 Å². The zero-order valence-corrected chi connectivity index (χ0v) is 21.9. The molecule has 0 amide bonds. The highest BCUT2D eigenvalue weighted by molar-refractivity contribution is 5.40. The number of hydrogen-bond donors (Lipinski definition) is 3. The SMILES string of the molecule is CC(C)CC(O)COc1ccc(C(C)(C)c2ccc(CCC(O)CC(C)(C)OCN)cc2)cc1. The Bertz CT molecular complexity index is 843. The summed E-state index contributed by atoms with van der Waals surface area (Å²) in [5.41, 5.74) is 8.54. The maximum absolute atomic E-state index is 10.4. The fourth-order valence-corrected chi connectivity index (χ4v) is 4.31. The molecular weight excluding hydrogens is 426 g/mol. The number of ether oxygens (including phenoxy) is 2. The number of rotatable bonds is 14. The van der Waals surface area contributed by atoms with Crippen LogP contribution >= 0.6 is 0 Å². The van der Waals surface area contributed by atoms with E-state index >= 15 is 0 Å². The van der Waals surface area contributed by atoms with Crippen LogP contribution in [0.2, 0.25) is 0 Å². The molecule has 190 valence electrons. The first kappa shape index (κ1) is 28.3. The predicted octanol–water partition coefficient (Wildman–Crippen LogP) is 5.19. The van der Waals surface area contributed by atoms with Crippen molar-refractivity contribution in [3.05, 3.63) is 65.2 Å². The Morgan fingerprint density at radius 1 is 0.853 bits per heavy atom. The first-order chi connectivity index (χ1) is 15.9. The summed E-state index contributed by atoms with van der Waals surface area (Å²) in [6.45, 7) is 13.0. The molecule has 0 aliphatic heterocycles. The third-order valence-electron chi connectivity index (χ3n) is 6.41. The van der Waals surface area contributed by atoms with E-state index in [0.717, 1.165) is 18.6 Å². The summed E-state index contributed by atoms with van der Waals surface area (Å²) < 4.78 is 11.3. The van der Waals surface area contributed by atoms with Crippen LogP contribution in [0.4, 0.5) is 0 Å². The Morgan fingerprint density at radius 2 is 1.41 bits per heavy atom. The molecule has 0 bridgehead atoms. The summed E-state index contributed by atoms with van der Waals surface area (Å²) in [7, 11) is 0. The molecule has 0 heterocycles. The Kier molecular flexibility index (Phi) is 10.6. The molecule has 5 nitrogen and oxygen atoms in total. The van der Waals surface area contributed by atoms with Gasteiger partial charge in [0.1, 0.15) is 12.4 Å². The smallest absolute Gasteiger partial charge is 0.119 e. The first-order valence-corrected chi connectivity index (χ1v) is 12.5. The lowest BCUT2D eigenvalue weighted by atomic mass is 9.78. The van der Waals surface area contributed by atoms with Gasteiger partial charge >= 0.3 is 0 Å². The second-order valence-electron chi connectivity index (χ2n) is 10.9. The van der Waals surface area contributed by atoms with E-state index in [1.807, 2.05) is 26.0 Å². The van der Waals surface area contributed by atoms with Crippen molar-refractivity contribution in [3.63, 3.8) is 0 Å². The maximum atomic E-state index is 10.4. The van der Waals surface area contributed by atoms with Crippen LogP contribution in [-0.4, -0.2) is 41.4 Å². The average Bonchev–Trinajstić information content (AvgIpc) is 2.76. The maximum Gasteiger partial charge on any atom is 0.119 e. The van der Waals surface area contributed by atoms with Gasteiger partial charge in [0.15, 0.2) is 0 Å². The lowest BCUT2D eigenvalue weighted by Crippen LogP contribution is -2.32. The van der Waals surface area contributed by atoms with Crippen LogP contribution in [0.15, 0.2) is 48.5 Å². The second-order valence-corrected chi connectivity index (χ2v) is 10.9. The minimum Gasteiger partial charge on any atom is -0.491 e. The quantitative estimate of drug-likeness (QED) is 0.330. The van der Waals surface area contributed by atoms with Crippen molar-refractivity contribution in [2.45, 2.75) is 90.4 Å². The van der Waals surface area contributed by atoms with Gasteiger partial charge in [-0.1, -0.05) is 64.1 Å². The monoisotopic (exact) mass is 471 g/mol. The van der Waals surface area contributed by atoms with Crippen molar-refractivity contribution in [2.75, 3.05) is 13.3 Å². The Hall–Kier alpha value is -1.92. The molecule has 0 saturated heterocycles. The molecule has 0 aliphatic rings. The largest absolute Gasteiger partial charge is 0.491 e. The van der Waals surface area contributed by atoms with E-state index in [9.17, 15) is 10.2 Å². The van der Waals surface area contributed by atoms with Crippen LogP contribution in [0.5, 0.6) is 5.75 Å². The van der Waals surface area contributed by atoms with Gasteiger partial charge in [0, 0.05) is 11.8 Å². The van der Waals surface area contributed by atoms with Crippen molar-refractivity contribution in [3.8, 4) is 5.75 Å². The minimum absolute atomic E-state index is 0.155. The molecular formula is C29H45NO4. The molecule has 5 heteroatoms. The van der Waals surface area contributed by atoms with Gasteiger partial charge in [-0.2, -0.15) is 0 Å². The van der Waals surface area contributed by atoms with E-state index in [1.54, 1.807) is 0 Å². The van der Waals surface area contributed by atoms with Crippen LogP contribution in [0.25, 0.3) is 0 Å². The molecule has 2 rings (SSSR count). The fourth-order valence-electron chi connectivity index (χ4n) is 4.31. The van der Waals surface area contributed by atoms with Gasteiger partial charge in [-0.25, -0.2) is 0 Å². The third kappa shape index (κ3) is 9.03. The lowest BCUT2D eigenvalue weighted by molar-refractivity contribution is -0.0476. The van der Waals surface area contributed by atoms with Gasteiger partial charge < -0.3 is 25.4 Å². The van der Waals surface area contributed by atoms with Gasteiger partial charge in [-0.05, 0) is 67.9 Å². The Balaban J connectivity index is 1.93. The second kappa shape index (κ2) is 12.7. The number of aryl methyl sites for hydroxylation is 1. The summed E-state index contributed by atoms with van der Waals surface area (Å²) in [5.74, 6) is 1.22. The lowest BCUT2D eigenvalue weighted by Gasteiger charge is -2.27. The van der Waals surface area contributed by atoms with Crippen molar-refractivity contribution < 1.29 is 19.7 Å². The molecule has 0 fully saturated rings. The van der Waals surface area contributed by atoms with Gasteiger partial charge in [-0.15, -0.1) is 0 Å². The molecule has 0 aromatic heterocycles. The third-order valence-corrected chi connectivity index (χ3v) is 6.41. The molecule has 2 unspecified atom stereocenters. The number of aliphatic hydroxyl groups excluding tert-OH is 2. The highest BCUT2D eigenvalue weighted by atomic mass is 16.5. The van der Waals surface area contributed by atoms with Crippen LogP contribution in [-0.2, 0) is 16.6 Å². The Labute approximate surface area is 206 Å². The molecule has 2 atom stereocenters. The highest BCUT2D eigenvalue weighted by Crippen LogP contribution is 2.33. The van der Waals surface area contributed by atoms with Crippen LogP contribution in [0, 0.1) is 5.92 Å². The summed E-state index contributed by atoms with van der Waals surface area (Å²) >= 11 is 0. The first-order valence-electron chi connectivity index (χ1n) is 12.5. The van der Waals surface area contributed by atoms with E-state index in [0.29, 0.717) is 25.4 Å². The van der Waals surface area contributed by atoms with E-state index in [4.69, 9.17) is 15.2 Å². The zero-order chi connectivity index (χ0) is 25.4. The van der Waals surface area contributed by atoms with Gasteiger partial charge in [-0.3, -0.25) is 0 Å².